The van der Waals surface area contributed by atoms with Crippen LogP contribution in [0.2, 0.25) is 0 Å². The molecule has 0 saturated carbocycles. The molecule has 0 heterocycles. The molecule has 4 nitrogen and oxygen atoms in total. The average Bonchev–Trinajstić information content (AvgIpc) is 2.52. The van der Waals surface area contributed by atoms with E-state index in [1.807, 2.05) is 19.9 Å². The number of rotatable bonds is 7. The lowest BCUT2D eigenvalue weighted by Gasteiger charge is -2.28. The fourth-order valence-electron chi connectivity index (χ4n) is 2.28. The van der Waals surface area contributed by atoms with Gasteiger partial charge in [0.2, 0.25) is 0 Å². The van der Waals surface area contributed by atoms with Crippen LogP contribution in [0.15, 0.2) is 42.0 Å². The minimum absolute atomic E-state index is 0.0136. The number of aliphatic hydroxyl groups is 2. The third kappa shape index (κ3) is 7.47. The lowest BCUT2D eigenvalue weighted by atomic mass is 9.89. The molecule has 0 unspecified atom stereocenters. The third-order valence-corrected chi connectivity index (χ3v) is 3.99. The topological polar surface area (TPSA) is 80.9 Å². The molecule has 0 radical (unpaired) electrons. The molecule has 25 heavy (non-hydrogen) atoms. The number of hydrogen-bond donors (Lipinski definition) is 4. The lowest BCUT2D eigenvalue weighted by molar-refractivity contribution is -0.0690. The zero-order valence-corrected chi connectivity index (χ0v) is 15.2. The summed E-state index contributed by atoms with van der Waals surface area (Å²) in [4.78, 5) is 0. The van der Waals surface area contributed by atoms with Crippen molar-refractivity contribution >= 4 is 0 Å². The van der Waals surface area contributed by atoms with Gasteiger partial charge < -0.3 is 20.4 Å². The Hall–Kier alpha value is -2.22. The largest absolute Gasteiger partial charge is 0.508 e. The first-order valence-electron chi connectivity index (χ1n) is 8.37. The first-order valence-corrected chi connectivity index (χ1v) is 8.37. The third-order valence-electron chi connectivity index (χ3n) is 3.99. The number of aromatic hydroxyl groups is 2. The molecular formula is C21H28O4. The van der Waals surface area contributed by atoms with Crippen LogP contribution in [0, 0.1) is 11.8 Å². The molecule has 1 aromatic carbocycles. The van der Waals surface area contributed by atoms with E-state index in [2.05, 4.69) is 18.4 Å². The smallest absolute Gasteiger partial charge is 0.131 e. The minimum Gasteiger partial charge on any atom is -0.508 e. The van der Waals surface area contributed by atoms with Gasteiger partial charge in [-0.15, -0.1) is 0 Å². The number of allylic oxidation sites excluding steroid dienone is 3. The summed E-state index contributed by atoms with van der Waals surface area (Å²) in [7, 11) is 0. The zero-order valence-electron chi connectivity index (χ0n) is 15.2. The van der Waals surface area contributed by atoms with Gasteiger partial charge in [0.25, 0.3) is 0 Å². The zero-order chi connectivity index (χ0) is 19.0. The van der Waals surface area contributed by atoms with Gasteiger partial charge in [0.05, 0.1) is 17.3 Å². The molecule has 0 spiro atoms. The predicted octanol–water partition coefficient (Wildman–Crippen LogP) is 3.64. The van der Waals surface area contributed by atoms with Gasteiger partial charge in [-0.3, -0.25) is 0 Å². The Labute approximate surface area is 150 Å². The summed E-state index contributed by atoms with van der Waals surface area (Å²) in [6.07, 6.45) is 3.14. The summed E-state index contributed by atoms with van der Waals surface area (Å²) in [6, 6.07) is 4.12. The van der Waals surface area contributed by atoms with Crippen molar-refractivity contribution in [2.24, 2.45) is 0 Å². The first-order chi connectivity index (χ1) is 11.6. The summed E-state index contributed by atoms with van der Waals surface area (Å²) >= 11 is 0. The maximum Gasteiger partial charge on any atom is 0.131 e. The highest BCUT2D eigenvalue weighted by atomic mass is 16.3. The molecule has 0 bridgehead atoms. The van der Waals surface area contributed by atoms with Gasteiger partial charge in [-0.2, -0.15) is 0 Å². The van der Waals surface area contributed by atoms with E-state index in [1.165, 1.54) is 23.8 Å². The summed E-state index contributed by atoms with van der Waals surface area (Å²) in [5.41, 5.74) is 0.921. The molecule has 0 aliphatic heterocycles. The number of hydrogen-bond acceptors (Lipinski definition) is 4. The van der Waals surface area contributed by atoms with Gasteiger partial charge in [0, 0.05) is 0 Å². The molecule has 1 rings (SSSR count). The van der Waals surface area contributed by atoms with Crippen LogP contribution in [0.5, 0.6) is 11.5 Å². The summed E-state index contributed by atoms with van der Waals surface area (Å²) in [5.74, 6) is 5.58. The molecule has 0 aliphatic carbocycles. The molecule has 4 heteroatoms. The standard InChI is InChI=1S/C21H28O4/c1-15(2)6-5-13-21(4,25)20(24)12-8-16(3)7-9-17-14-18(22)10-11-19(17)23/h6,10-11,14,20,22-25H,3,5,8,12-13H2,1-2,4H3/t20-,21-/m1/s1. The van der Waals surface area contributed by atoms with Crippen molar-refractivity contribution in [3.8, 4) is 23.3 Å². The quantitative estimate of drug-likeness (QED) is 0.346. The van der Waals surface area contributed by atoms with Crippen molar-refractivity contribution in [1.82, 2.24) is 0 Å². The fraction of sp³-hybridized carbons (Fsp3) is 0.429. The lowest BCUT2D eigenvalue weighted by Crippen LogP contribution is -2.39. The van der Waals surface area contributed by atoms with E-state index in [0.29, 0.717) is 36.8 Å². The highest BCUT2D eigenvalue weighted by molar-refractivity contribution is 5.50. The van der Waals surface area contributed by atoms with Crippen molar-refractivity contribution in [2.75, 3.05) is 0 Å². The molecule has 0 amide bonds. The van der Waals surface area contributed by atoms with E-state index in [4.69, 9.17) is 0 Å². The van der Waals surface area contributed by atoms with Gasteiger partial charge >= 0.3 is 0 Å². The average molecular weight is 344 g/mol. The van der Waals surface area contributed by atoms with Crippen LogP contribution in [0.1, 0.15) is 52.0 Å². The summed E-state index contributed by atoms with van der Waals surface area (Å²) in [6.45, 7) is 9.47. The monoisotopic (exact) mass is 344 g/mol. The molecule has 0 saturated heterocycles. The van der Waals surface area contributed by atoms with E-state index in [-0.39, 0.29) is 11.5 Å². The van der Waals surface area contributed by atoms with E-state index in [0.717, 1.165) is 0 Å². The van der Waals surface area contributed by atoms with Crippen LogP contribution in [0.25, 0.3) is 0 Å². The number of phenolic OH excluding ortho intramolecular Hbond substituents is 2. The second-order valence-electron chi connectivity index (χ2n) is 6.79. The Morgan fingerprint density at radius 2 is 2.00 bits per heavy atom. The molecule has 0 aromatic heterocycles. The van der Waals surface area contributed by atoms with E-state index in [9.17, 15) is 20.4 Å². The Balaban J connectivity index is 2.57. The molecular weight excluding hydrogens is 316 g/mol. The second kappa shape index (κ2) is 9.31. The highest BCUT2D eigenvalue weighted by Gasteiger charge is 2.29. The van der Waals surface area contributed by atoms with Crippen LogP contribution >= 0.6 is 0 Å². The molecule has 136 valence electrons. The number of aliphatic hydroxyl groups excluding tert-OH is 1. The highest BCUT2D eigenvalue weighted by Crippen LogP contribution is 2.23. The maximum atomic E-state index is 10.4. The van der Waals surface area contributed by atoms with Crippen molar-refractivity contribution in [1.29, 1.82) is 0 Å². The van der Waals surface area contributed by atoms with Gasteiger partial charge in [0.15, 0.2) is 0 Å². The molecule has 4 N–H and O–H groups in total. The van der Waals surface area contributed by atoms with Crippen LogP contribution in [0.3, 0.4) is 0 Å². The second-order valence-corrected chi connectivity index (χ2v) is 6.79. The SMILES string of the molecule is C=C(C#Cc1cc(O)ccc1O)CC[C@@H](O)[C@](C)(O)CCC=C(C)C. The first kappa shape index (κ1) is 20.8. The van der Waals surface area contributed by atoms with Gasteiger partial charge in [-0.05, 0) is 70.2 Å². The molecule has 1 aromatic rings. The number of benzene rings is 1. The maximum absolute atomic E-state index is 10.4. The van der Waals surface area contributed by atoms with Crippen LogP contribution in [0.4, 0.5) is 0 Å². The van der Waals surface area contributed by atoms with Crippen molar-refractivity contribution < 1.29 is 20.4 Å². The Morgan fingerprint density at radius 1 is 1.32 bits per heavy atom. The van der Waals surface area contributed by atoms with Crippen molar-refractivity contribution in [2.45, 2.75) is 58.2 Å². The van der Waals surface area contributed by atoms with E-state index in [1.54, 1.807) is 6.92 Å². The molecule has 2 atom stereocenters. The molecule has 0 fully saturated rings. The van der Waals surface area contributed by atoms with Crippen molar-refractivity contribution in [3.05, 3.63) is 47.6 Å². The van der Waals surface area contributed by atoms with Gasteiger partial charge in [0.1, 0.15) is 11.5 Å². The summed E-state index contributed by atoms with van der Waals surface area (Å²) in [5, 5.41) is 39.7. The minimum atomic E-state index is -1.16. The van der Waals surface area contributed by atoms with Crippen LogP contribution < -0.4 is 0 Å². The van der Waals surface area contributed by atoms with Gasteiger partial charge in [-0.25, -0.2) is 0 Å². The van der Waals surface area contributed by atoms with Crippen LogP contribution in [-0.4, -0.2) is 32.1 Å². The van der Waals surface area contributed by atoms with E-state index >= 15 is 0 Å². The normalized spacial score (nSPS) is 14.0. The Kier molecular flexibility index (Phi) is 7.76. The van der Waals surface area contributed by atoms with Gasteiger partial charge in [-0.1, -0.05) is 30.1 Å². The van der Waals surface area contributed by atoms with Crippen LogP contribution in [-0.2, 0) is 0 Å². The molecule has 0 aliphatic rings. The van der Waals surface area contributed by atoms with Crippen molar-refractivity contribution in [3.63, 3.8) is 0 Å². The number of phenols is 2. The summed E-state index contributed by atoms with van der Waals surface area (Å²) < 4.78 is 0. The Morgan fingerprint density at radius 3 is 2.64 bits per heavy atom. The predicted molar refractivity (Wildman–Crippen MR) is 100 cm³/mol. The fourth-order valence-corrected chi connectivity index (χ4v) is 2.28. The van der Waals surface area contributed by atoms with E-state index < -0.39 is 11.7 Å². The Bertz CT molecular complexity index is 686.